The van der Waals surface area contributed by atoms with Crippen LogP contribution >= 0.6 is 0 Å². The Bertz CT molecular complexity index is 1190. The van der Waals surface area contributed by atoms with Crippen molar-refractivity contribution >= 4 is 27.3 Å². The van der Waals surface area contributed by atoms with Gasteiger partial charge in [0.05, 0.1) is 10.6 Å². The van der Waals surface area contributed by atoms with Gasteiger partial charge in [0.2, 0.25) is 0 Å². The van der Waals surface area contributed by atoms with Gasteiger partial charge < -0.3 is 4.90 Å². The second kappa shape index (κ2) is 7.33. The number of benzene rings is 3. The summed E-state index contributed by atoms with van der Waals surface area (Å²) in [7, 11) is -4.05. The van der Waals surface area contributed by atoms with E-state index in [2.05, 4.69) is 4.72 Å². The van der Waals surface area contributed by atoms with Gasteiger partial charge in [-0.2, -0.15) is 0 Å². The molecular weight excluding hydrogens is 391 g/mol. The molecule has 0 aromatic heterocycles. The maximum absolute atomic E-state index is 13.8. The number of carbonyl (C=O) groups excluding carboxylic acids is 1. The Labute approximate surface area is 168 Å². The zero-order valence-electron chi connectivity index (χ0n) is 15.7. The average molecular weight is 410 g/mol. The molecule has 0 radical (unpaired) electrons. The summed E-state index contributed by atoms with van der Waals surface area (Å²) in [6.07, 6.45) is 0.745. The number of hydrogen-bond donors (Lipinski definition) is 1. The lowest BCUT2D eigenvalue weighted by Crippen LogP contribution is -2.35. The van der Waals surface area contributed by atoms with Gasteiger partial charge in [0.15, 0.2) is 0 Å². The summed E-state index contributed by atoms with van der Waals surface area (Å²) in [5.41, 5.74) is 2.03. The van der Waals surface area contributed by atoms with E-state index in [-0.39, 0.29) is 28.1 Å². The fourth-order valence-corrected chi connectivity index (χ4v) is 4.67. The summed E-state index contributed by atoms with van der Waals surface area (Å²) in [6.45, 7) is 1.96. The van der Waals surface area contributed by atoms with Crippen molar-refractivity contribution in [3.8, 4) is 0 Å². The van der Waals surface area contributed by atoms with Crippen molar-refractivity contribution in [1.82, 2.24) is 0 Å². The minimum Gasteiger partial charge on any atom is -0.305 e. The maximum atomic E-state index is 13.8. The molecule has 0 saturated heterocycles. The standard InChI is InChI=1S/C22H19FN2O3S/c1-15-13-16-7-2-5-12-21(16)25(15)22(26)17-8-6-9-18(14-17)29(27,28)24-20-11-4-3-10-19(20)23/h2-12,14-15,24H,13H2,1H3/t15-/m1/s1. The van der Waals surface area contributed by atoms with Gasteiger partial charge in [-0.3, -0.25) is 9.52 Å². The number of nitrogens with zero attached hydrogens (tertiary/aromatic N) is 1. The number of fused-ring (bicyclic) bond motifs is 1. The van der Waals surface area contributed by atoms with Crippen molar-refractivity contribution < 1.29 is 17.6 Å². The molecule has 0 bridgehead atoms. The highest BCUT2D eigenvalue weighted by Crippen LogP contribution is 2.33. The number of anilines is 2. The molecule has 1 aliphatic heterocycles. The molecule has 0 spiro atoms. The van der Waals surface area contributed by atoms with E-state index in [1.54, 1.807) is 11.0 Å². The third-order valence-electron chi connectivity index (χ3n) is 4.94. The first-order valence-electron chi connectivity index (χ1n) is 9.16. The zero-order valence-corrected chi connectivity index (χ0v) is 16.5. The number of para-hydroxylation sites is 2. The first-order chi connectivity index (χ1) is 13.9. The molecule has 29 heavy (non-hydrogen) atoms. The van der Waals surface area contributed by atoms with Crippen LogP contribution in [-0.4, -0.2) is 20.4 Å². The fourth-order valence-electron chi connectivity index (χ4n) is 3.56. The predicted molar refractivity (Wildman–Crippen MR) is 110 cm³/mol. The van der Waals surface area contributed by atoms with Crippen LogP contribution in [0.25, 0.3) is 0 Å². The van der Waals surface area contributed by atoms with Gasteiger partial charge in [-0.15, -0.1) is 0 Å². The fraction of sp³-hybridized carbons (Fsp3) is 0.136. The molecule has 0 aliphatic carbocycles. The Balaban J connectivity index is 1.66. The van der Waals surface area contributed by atoms with E-state index in [1.807, 2.05) is 31.2 Å². The van der Waals surface area contributed by atoms with Crippen LogP contribution in [0.4, 0.5) is 15.8 Å². The zero-order chi connectivity index (χ0) is 20.6. The number of nitrogens with one attached hydrogen (secondary N) is 1. The van der Waals surface area contributed by atoms with Crippen LogP contribution in [-0.2, 0) is 16.4 Å². The van der Waals surface area contributed by atoms with Crippen molar-refractivity contribution in [2.45, 2.75) is 24.3 Å². The van der Waals surface area contributed by atoms with E-state index < -0.39 is 15.8 Å². The minimum atomic E-state index is -4.05. The van der Waals surface area contributed by atoms with Gasteiger partial charge in [-0.25, -0.2) is 12.8 Å². The molecule has 1 aliphatic rings. The predicted octanol–water partition coefficient (Wildman–Crippen LogP) is 4.22. The quantitative estimate of drug-likeness (QED) is 0.700. The molecule has 1 heterocycles. The van der Waals surface area contributed by atoms with Crippen molar-refractivity contribution in [2.75, 3.05) is 9.62 Å². The summed E-state index contributed by atoms with van der Waals surface area (Å²) < 4.78 is 41.5. The number of halogens is 1. The Morgan fingerprint density at radius 2 is 1.76 bits per heavy atom. The highest BCUT2D eigenvalue weighted by atomic mass is 32.2. The summed E-state index contributed by atoms with van der Waals surface area (Å²) in [4.78, 5) is 14.7. The van der Waals surface area contributed by atoms with Gasteiger partial charge in [0.25, 0.3) is 15.9 Å². The van der Waals surface area contributed by atoms with Gasteiger partial charge in [-0.1, -0.05) is 36.4 Å². The number of hydrogen-bond acceptors (Lipinski definition) is 3. The Morgan fingerprint density at radius 3 is 2.55 bits per heavy atom. The Hall–Kier alpha value is -3.19. The number of sulfonamides is 1. The summed E-state index contributed by atoms with van der Waals surface area (Å²) in [5, 5.41) is 0. The summed E-state index contributed by atoms with van der Waals surface area (Å²) in [5.74, 6) is -0.948. The smallest absolute Gasteiger partial charge is 0.262 e. The molecule has 5 nitrogen and oxygen atoms in total. The number of rotatable bonds is 4. The van der Waals surface area contributed by atoms with Crippen LogP contribution in [0, 0.1) is 5.82 Å². The number of amides is 1. The second-order valence-corrected chi connectivity index (χ2v) is 8.65. The van der Waals surface area contributed by atoms with Crippen LogP contribution in [0.3, 0.4) is 0 Å². The van der Waals surface area contributed by atoms with Crippen molar-refractivity contribution in [3.05, 3.63) is 89.7 Å². The lowest BCUT2D eigenvalue weighted by atomic mass is 10.1. The van der Waals surface area contributed by atoms with Gasteiger partial charge >= 0.3 is 0 Å². The SMILES string of the molecule is C[C@@H]1Cc2ccccc2N1C(=O)c1cccc(S(=O)(=O)Nc2ccccc2F)c1. The lowest BCUT2D eigenvalue weighted by molar-refractivity contribution is 0.0981. The summed E-state index contributed by atoms with van der Waals surface area (Å²) in [6, 6.07) is 18.9. The molecule has 7 heteroatoms. The molecule has 1 N–H and O–H groups in total. The van der Waals surface area contributed by atoms with Gasteiger partial charge in [0.1, 0.15) is 5.82 Å². The first kappa shape index (κ1) is 19.1. The molecule has 4 rings (SSSR count). The Kier molecular flexibility index (Phi) is 4.84. The molecule has 148 valence electrons. The molecule has 1 atom stereocenters. The highest BCUT2D eigenvalue weighted by Gasteiger charge is 2.31. The van der Waals surface area contributed by atoms with E-state index in [4.69, 9.17) is 0 Å². The average Bonchev–Trinajstić information content (AvgIpc) is 3.05. The third kappa shape index (κ3) is 3.61. The van der Waals surface area contributed by atoms with Gasteiger partial charge in [0, 0.05) is 17.3 Å². The molecule has 3 aromatic carbocycles. The lowest BCUT2D eigenvalue weighted by Gasteiger charge is -2.23. The van der Waals surface area contributed by atoms with Crippen molar-refractivity contribution in [2.24, 2.45) is 0 Å². The maximum Gasteiger partial charge on any atom is 0.262 e. The first-order valence-corrected chi connectivity index (χ1v) is 10.6. The van der Waals surface area contributed by atoms with Crippen LogP contribution in [0.1, 0.15) is 22.8 Å². The van der Waals surface area contributed by atoms with E-state index in [1.165, 1.54) is 42.5 Å². The molecule has 3 aromatic rings. The second-order valence-electron chi connectivity index (χ2n) is 6.97. The molecule has 0 unspecified atom stereocenters. The Morgan fingerprint density at radius 1 is 1.03 bits per heavy atom. The molecule has 1 amide bonds. The topological polar surface area (TPSA) is 66.5 Å². The van der Waals surface area contributed by atoms with E-state index in [9.17, 15) is 17.6 Å². The molecule has 0 saturated carbocycles. The van der Waals surface area contributed by atoms with Crippen LogP contribution in [0.15, 0.2) is 77.7 Å². The van der Waals surface area contributed by atoms with E-state index in [0.717, 1.165) is 17.7 Å². The van der Waals surface area contributed by atoms with Crippen molar-refractivity contribution in [3.63, 3.8) is 0 Å². The normalized spacial score (nSPS) is 15.8. The van der Waals surface area contributed by atoms with Crippen molar-refractivity contribution in [1.29, 1.82) is 0 Å². The molecular formula is C22H19FN2O3S. The highest BCUT2D eigenvalue weighted by molar-refractivity contribution is 7.92. The van der Waals surface area contributed by atoms with Crippen LogP contribution < -0.4 is 9.62 Å². The number of carbonyl (C=O) groups is 1. The third-order valence-corrected chi connectivity index (χ3v) is 6.30. The van der Waals surface area contributed by atoms with Gasteiger partial charge in [-0.05, 0) is 55.3 Å². The monoisotopic (exact) mass is 410 g/mol. The largest absolute Gasteiger partial charge is 0.305 e. The minimum absolute atomic E-state index is 0.0308. The molecule has 0 fully saturated rings. The van der Waals surface area contributed by atoms with Crippen LogP contribution in [0.5, 0.6) is 0 Å². The summed E-state index contributed by atoms with van der Waals surface area (Å²) >= 11 is 0. The van der Waals surface area contributed by atoms with Crippen LogP contribution in [0.2, 0.25) is 0 Å². The van der Waals surface area contributed by atoms with E-state index >= 15 is 0 Å². The van der Waals surface area contributed by atoms with E-state index in [0.29, 0.717) is 0 Å².